The molecule has 22 heavy (non-hydrogen) atoms. The molecule has 1 aromatic rings. The minimum absolute atomic E-state index is 0.0819. The quantitative estimate of drug-likeness (QED) is 0.394. The number of ether oxygens (including phenoxy) is 1. The van der Waals surface area contributed by atoms with Crippen LogP contribution in [0.4, 0.5) is 5.69 Å². The fraction of sp³-hybridized carbons (Fsp3) is 0.286. The topological polar surface area (TPSA) is 84.7 Å². The van der Waals surface area contributed by atoms with Crippen molar-refractivity contribution in [3.05, 3.63) is 51.2 Å². The molecule has 0 aromatic heterocycles. The Morgan fingerprint density at radius 2 is 2.09 bits per heavy atom. The Labute approximate surface area is 132 Å². The highest BCUT2D eigenvalue weighted by Gasteiger charge is 2.36. The van der Waals surface area contributed by atoms with E-state index < -0.39 is 16.9 Å². The van der Waals surface area contributed by atoms with E-state index in [-0.39, 0.29) is 5.69 Å². The van der Waals surface area contributed by atoms with Crippen molar-refractivity contribution in [3.8, 4) is 0 Å². The molecule has 1 aromatic carbocycles. The number of para-hydroxylation sites is 1. The molecule has 0 fully saturated rings. The van der Waals surface area contributed by atoms with Crippen molar-refractivity contribution in [2.45, 2.75) is 13.0 Å². The number of allylic oxidation sites excluding steroid dienone is 1. The zero-order valence-corrected chi connectivity index (χ0v) is 13.1. The number of nitro benzene ring substituents is 1. The number of nitrogens with one attached hydrogen (secondary N) is 1. The maximum absolute atomic E-state index is 12.1. The third-order valence-corrected chi connectivity index (χ3v) is 4.00. The molecule has 7 nitrogen and oxygen atoms in total. The predicted octanol–water partition coefficient (Wildman–Crippen LogP) is 1.90. The zero-order valence-electron chi connectivity index (χ0n) is 12.3. The molecule has 1 heterocycles. The number of benzene rings is 1. The molecule has 2 rings (SSSR count). The second-order valence-electron chi connectivity index (χ2n) is 4.75. The smallest absolute Gasteiger partial charge is 0.337 e. The summed E-state index contributed by atoms with van der Waals surface area (Å²) >= 11 is 5.23. The van der Waals surface area contributed by atoms with Crippen molar-refractivity contribution in [3.63, 3.8) is 0 Å². The number of nitrogens with zero attached hydrogens (tertiary/aromatic N) is 2. The van der Waals surface area contributed by atoms with E-state index in [1.54, 1.807) is 37.1 Å². The lowest BCUT2D eigenvalue weighted by Gasteiger charge is -2.34. The minimum atomic E-state index is -0.724. The van der Waals surface area contributed by atoms with Crippen LogP contribution in [-0.4, -0.2) is 35.1 Å². The minimum Gasteiger partial charge on any atom is -0.466 e. The van der Waals surface area contributed by atoms with Crippen LogP contribution < -0.4 is 5.32 Å². The van der Waals surface area contributed by atoms with Gasteiger partial charge in [-0.1, -0.05) is 12.1 Å². The molecule has 0 amide bonds. The van der Waals surface area contributed by atoms with Crippen LogP contribution in [0.3, 0.4) is 0 Å². The number of carbonyl (C=O) groups is 1. The van der Waals surface area contributed by atoms with E-state index in [9.17, 15) is 14.9 Å². The van der Waals surface area contributed by atoms with Gasteiger partial charge in [0, 0.05) is 18.8 Å². The van der Waals surface area contributed by atoms with E-state index in [0.717, 1.165) is 0 Å². The molecule has 1 aliphatic heterocycles. The second kappa shape index (κ2) is 6.10. The number of esters is 1. The lowest BCUT2D eigenvalue weighted by Crippen LogP contribution is -2.46. The van der Waals surface area contributed by atoms with Crippen LogP contribution >= 0.6 is 12.2 Å². The molecule has 1 unspecified atom stereocenters. The number of rotatable bonds is 3. The van der Waals surface area contributed by atoms with Gasteiger partial charge in [0.2, 0.25) is 0 Å². The van der Waals surface area contributed by atoms with Gasteiger partial charge in [-0.25, -0.2) is 4.79 Å². The van der Waals surface area contributed by atoms with Gasteiger partial charge in [0.25, 0.3) is 5.69 Å². The number of hydrogen-bond acceptors (Lipinski definition) is 5. The summed E-state index contributed by atoms with van der Waals surface area (Å²) in [5, 5.41) is 14.6. The van der Waals surface area contributed by atoms with Gasteiger partial charge in [0.1, 0.15) is 0 Å². The molecule has 0 aliphatic carbocycles. The van der Waals surface area contributed by atoms with Crippen LogP contribution in [0, 0.1) is 10.1 Å². The normalized spacial score (nSPS) is 18.0. The highest BCUT2D eigenvalue weighted by Crippen LogP contribution is 2.35. The summed E-state index contributed by atoms with van der Waals surface area (Å²) in [6, 6.07) is 5.51. The van der Waals surface area contributed by atoms with Crippen LogP contribution in [0.1, 0.15) is 18.5 Å². The summed E-state index contributed by atoms with van der Waals surface area (Å²) < 4.78 is 4.82. The Kier molecular flexibility index (Phi) is 4.41. The van der Waals surface area contributed by atoms with Crippen molar-refractivity contribution in [1.82, 2.24) is 10.2 Å². The molecular weight excluding hydrogens is 306 g/mol. The molecule has 1 N–H and O–H groups in total. The lowest BCUT2D eigenvalue weighted by atomic mass is 9.94. The summed E-state index contributed by atoms with van der Waals surface area (Å²) in [4.78, 5) is 24.5. The average molecular weight is 321 g/mol. The highest BCUT2D eigenvalue weighted by atomic mass is 32.1. The molecule has 8 heteroatoms. The van der Waals surface area contributed by atoms with Crippen molar-refractivity contribution in [2.75, 3.05) is 14.2 Å². The Morgan fingerprint density at radius 3 is 2.68 bits per heavy atom. The molecular formula is C14H15N3O4S. The SMILES string of the molecule is COC(=O)C1=C(C)N(C)C(=S)NC1c1ccccc1[N+](=O)[O-]. The average Bonchev–Trinajstić information content (AvgIpc) is 2.51. The van der Waals surface area contributed by atoms with Crippen LogP contribution in [0.15, 0.2) is 35.5 Å². The molecule has 0 radical (unpaired) electrons. The van der Waals surface area contributed by atoms with E-state index in [4.69, 9.17) is 17.0 Å². The number of carbonyl (C=O) groups excluding carboxylic acids is 1. The summed E-state index contributed by atoms with van der Waals surface area (Å²) in [5.74, 6) is -0.553. The second-order valence-corrected chi connectivity index (χ2v) is 5.13. The van der Waals surface area contributed by atoms with Gasteiger partial charge < -0.3 is 15.0 Å². The number of nitro groups is 1. The van der Waals surface area contributed by atoms with E-state index >= 15 is 0 Å². The lowest BCUT2D eigenvalue weighted by molar-refractivity contribution is -0.385. The number of thiocarbonyl (C=S) groups is 1. The Hall–Kier alpha value is -2.48. The third kappa shape index (κ3) is 2.64. The predicted molar refractivity (Wildman–Crippen MR) is 84.1 cm³/mol. The van der Waals surface area contributed by atoms with E-state index in [1.165, 1.54) is 13.2 Å². The van der Waals surface area contributed by atoms with E-state index in [1.807, 2.05) is 0 Å². The van der Waals surface area contributed by atoms with E-state index in [2.05, 4.69) is 5.32 Å². The number of methoxy groups -OCH3 is 1. The van der Waals surface area contributed by atoms with Gasteiger partial charge in [-0.3, -0.25) is 10.1 Å². The van der Waals surface area contributed by atoms with Gasteiger partial charge in [-0.15, -0.1) is 0 Å². The van der Waals surface area contributed by atoms with Crippen LogP contribution in [0.2, 0.25) is 0 Å². The fourth-order valence-electron chi connectivity index (χ4n) is 2.34. The first-order valence-corrected chi connectivity index (χ1v) is 6.86. The van der Waals surface area contributed by atoms with Gasteiger partial charge in [0.05, 0.1) is 29.2 Å². The molecule has 1 atom stereocenters. The summed E-state index contributed by atoms with van der Waals surface area (Å²) in [7, 11) is 2.98. The standard InChI is InChI=1S/C14H15N3O4S/c1-8-11(13(18)21-3)12(15-14(22)16(8)2)9-6-4-5-7-10(9)17(19)20/h4-7,12H,1-3H3,(H,15,22). The molecule has 0 saturated heterocycles. The summed E-state index contributed by atoms with van der Waals surface area (Å²) in [6.07, 6.45) is 0. The zero-order chi connectivity index (χ0) is 16.4. The molecule has 0 spiro atoms. The molecule has 0 bridgehead atoms. The monoisotopic (exact) mass is 321 g/mol. The van der Waals surface area contributed by atoms with Crippen LogP contribution in [-0.2, 0) is 9.53 Å². The maximum atomic E-state index is 12.1. The molecule has 116 valence electrons. The third-order valence-electron chi connectivity index (χ3n) is 3.60. The Balaban J connectivity index is 2.65. The number of hydrogen-bond donors (Lipinski definition) is 1. The largest absolute Gasteiger partial charge is 0.466 e. The first-order chi connectivity index (χ1) is 10.4. The van der Waals surface area contributed by atoms with Crippen LogP contribution in [0.5, 0.6) is 0 Å². The van der Waals surface area contributed by atoms with E-state index in [0.29, 0.717) is 21.9 Å². The van der Waals surface area contributed by atoms with Crippen molar-refractivity contribution in [2.24, 2.45) is 0 Å². The maximum Gasteiger partial charge on any atom is 0.337 e. The fourth-order valence-corrected chi connectivity index (χ4v) is 2.60. The summed E-state index contributed by atoms with van der Waals surface area (Å²) in [5.41, 5.74) is 1.18. The van der Waals surface area contributed by atoms with Crippen molar-refractivity contribution in [1.29, 1.82) is 0 Å². The van der Waals surface area contributed by atoms with Gasteiger partial charge in [0.15, 0.2) is 5.11 Å². The summed E-state index contributed by atoms with van der Waals surface area (Å²) in [6.45, 7) is 1.72. The van der Waals surface area contributed by atoms with Crippen molar-refractivity contribution < 1.29 is 14.5 Å². The van der Waals surface area contributed by atoms with Gasteiger partial charge in [-0.05, 0) is 25.2 Å². The first kappa shape index (κ1) is 15.9. The highest BCUT2D eigenvalue weighted by molar-refractivity contribution is 7.80. The van der Waals surface area contributed by atoms with Crippen molar-refractivity contribution >= 4 is 29.0 Å². The van der Waals surface area contributed by atoms with Gasteiger partial charge in [-0.2, -0.15) is 0 Å². The molecule has 1 aliphatic rings. The first-order valence-electron chi connectivity index (χ1n) is 6.45. The molecule has 0 saturated carbocycles. The van der Waals surface area contributed by atoms with Crippen LogP contribution in [0.25, 0.3) is 0 Å². The van der Waals surface area contributed by atoms with Gasteiger partial charge >= 0.3 is 5.97 Å². The Bertz CT molecular complexity index is 686. The Morgan fingerprint density at radius 1 is 1.45 bits per heavy atom.